The van der Waals surface area contributed by atoms with E-state index in [1.807, 2.05) is 48.0 Å². The molecule has 0 saturated carbocycles. The topological polar surface area (TPSA) is 67.0 Å². The molecule has 3 rings (SSSR count). The number of benzene rings is 1. The molecule has 3 aromatic rings. The SMILES string of the molecule is CN=C(NCCCc1nnc2ccccn12)N(C)CCOc1ccc(C)cc1.I. The molecule has 0 bridgehead atoms. The molecule has 2 heterocycles. The number of hydrogen-bond donors (Lipinski definition) is 1. The maximum atomic E-state index is 5.80. The Morgan fingerprint density at radius 1 is 1.17 bits per heavy atom. The average Bonchev–Trinajstić information content (AvgIpc) is 3.12. The van der Waals surface area contributed by atoms with Gasteiger partial charge in [0.15, 0.2) is 11.6 Å². The largest absolute Gasteiger partial charge is 0.492 e. The second-order valence-corrected chi connectivity index (χ2v) is 6.71. The molecule has 2 aromatic heterocycles. The zero-order chi connectivity index (χ0) is 19.8. The molecule has 7 nitrogen and oxygen atoms in total. The van der Waals surface area contributed by atoms with Gasteiger partial charge in [-0.25, -0.2) is 0 Å². The summed E-state index contributed by atoms with van der Waals surface area (Å²) in [6.45, 7) is 4.24. The molecule has 0 unspecified atom stereocenters. The van der Waals surface area contributed by atoms with E-state index >= 15 is 0 Å². The Morgan fingerprint density at radius 3 is 2.72 bits per heavy atom. The summed E-state index contributed by atoms with van der Waals surface area (Å²) in [5.74, 6) is 2.73. The summed E-state index contributed by atoms with van der Waals surface area (Å²) in [5.41, 5.74) is 2.11. The van der Waals surface area contributed by atoms with Crippen molar-refractivity contribution in [1.29, 1.82) is 0 Å². The van der Waals surface area contributed by atoms with Gasteiger partial charge >= 0.3 is 0 Å². The first kappa shape index (κ1) is 22.9. The van der Waals surface area contributed by atoms with Crippen LogP contribution >= 0.6 is 24.0 Å². The third kappa shape index (κ3) is 6.59. The minimum atomic E-state index is 0. The van der Waals surface area contributed by atoms with E-state index in [4.69, 9.17) is 4.74 Å². The highest BCUT2D eigenvalue weighted by atomic mass is 127. The molecule has 8 heteroatoms. The van der Waals surface area contributed by atoms with Crippen molar-refractivity contribution < 1.29 is 4.74 Å². The van der Waals surface area contributed by atoms with Crippen LogP contribution < -0.4 is 10.1 Å². The molecular weight excluding hydrogens is 479 g/mol. The van der Waals surface area contributed by atoms with Crippen LogP contribution in [0.1, 0.15) is 17.8 Å². The number of nitrogens with zero attached hydrogens (tertiary/aromatic N) is 5. The molecule has 0 aliphatic heterocycles. The fourth-order valence-electron chi connectivity index (χ4n) is 2.93. The first-order chi connectivity index (χ1) is 13.7. The number of halogens is 1. The van der Waals surface area contributed by atoms with Crippen LogP contribution in [-0.2, 0) is 6.42 Å². The van der Waals surface area contributed by atoms with Gasteiger partial charge < -0.3 is 15.0 Å². The number of ether oxygens (including phenoxy) is 1. The molecule has 1 aromatic carbocycles. The smallest absolute Gasteiger partial charge is 0.193 e. The van der Waals surface area contributed by atoms with E-state index in [2.05, 4.69) is 44.5 Å². The molecule has 0 spiro atoms. The number of hydrogen-bond acceptors (Lipinski definition) is 4. The molecule has 0 amide bonds. The van der Waals surface area contributed by atoms with Gasteiger partial charge in [-0.15, -0.1) is 34.2 Å². The van der Waals surface area contributed by atoms with Crippen molar-refractivity contribution >= 4 is 35.6 Å². The number of aryl methyl sites for hydroxylation is 2. The van der Waals surface area contributed by atoms with E-state index in [9.17, 15) is 0 Å². The van der Waals surface area contributed by atoms with Crippen LogP contribution in [0.25, 0.3) is 5.65 Å². The van der Waals surface area contributed by atoms with E-state index in [-0.39, 0.29) is 24.0 Å². The van der Waals surface area contributed by atoms with Crippen molar-refractivity contribution in [2.24, 2.45) is 4.99 Å². The fourth-order valence-corrected chi connectivity index (χ4v) is 2.93. The van der Waals surface area contributed by atoms with Crippen LogP contribution in [-0.4, -0.2) is 59.2 Å². The molecule has 156 valence electrons. The van der Waals surface area contributed by atoms with E-state index in [0.29, 0.717) is 6.61 Å². The average molecular weight is 508 g/mol. The van der Waals surface area contributed by atoms with Gasteiger partial charge in [0.2, 0.25) is 0 Å². The predicted octanol–water partition coefficient (Wildman–Crippen LogP) is 3.17. The van der Waals surface area contributed by atoms with Gasteiger partial charge in [0, 0.05) is 33.3 Å². The normalized spacial score (nSPS) is 11.2. The predicted molar refractivity (Wildman–Crippen MR) is 127 cm³/mol. The Balaban J connectivity index is 0.00000300. The van der Waals surface area contributed by atoms with Crippen molar-refractivity contribution in [2.75, 3.05) is 33.8 Å². The maximum Gasteiger partial charge on any atom is 0.193 e. The zero-order valence-electron chi connectivity index (χ0n) is 17.2. The van der Waals surface area contributed by atoms with Crippen molar-refractivity contribution in [1.82, 2.24) is 24.8 Å². The number of aromatic nitrogens is 3. The van der Waals surface area contributed by atoms with Gasteiger partial charge in [-0.2, -0.15) is 0 Å². The summed E-state index contributed by atoms with van der Waals surface area (Å²) in [6.07, 6.45) is 3.80. The number of rotatable bonds is 8. The molecule has 0 aliphatic rings. The van der Waals surface area contributed by atoms with Gasteiger partial charge in [-0.3, -0.25) is 9.39 Å². The Labute approximate surface area is 189 Å². The van der Waals surface area contributed by atoms with Gasteiger partial charge in [-0.05, 0) is 37.6 Å². The van der Waals surface area contributed by atoms with Crippen LogP contribution in [0.3, 0.4) is 0 Å². The van der Waals surface area contributed by atoms with Crippen molar-refractivity contribution in [3.8, 4) is 5.75 Å². The lowest BCUT2D eigenvalue weighted by atomic mass is 10.2. The monoisotopic (exact) mass is 508 g/mol. The molecular formula is C21H29IN6O. The Kier molecular flexibility index (Phi) is 9.17. The van der Waals surface area contributed by atoms with Gasteiger partial charge in [0.05, 0.1) is 6.54 Å². The number of guanidine groups is 1. The molecule has 1 N–H and O–H groups in total. The molecule has 0 fully saturated rings. The summed E-state index contributed by atoms with van der Waals surface area (Å²) in [4.78, 5) is 6.42. The second-order valence-electron chi connectivity index (χ2n) is 6.71. The zero-order valence-corrected chi connectivity index (χ0v) is 19.5. The van der Waals surface area contributed by atoms with Gasteiger partial charge in [0.25, 0.3) is 0 Å². The van der Waals surface area contributed by atoms with E-state index in [0.717, 1.165) is 49.1 Å². The van der Waals surface area contributed by atoms with E-state index in [1.54, 1.807) is 7.05 Å². The minimum absolute atomic E-state index is 0. The number of aliphatic imine (C=N–C) groups is 1. The highest BCUT2D eigenvalue weighted by molar-refractivity contribution is 14.0. The summed E-state index contributed by atoms with van der Waals surface area (Å²) in [6, 6.07) is 14.0. The highest BCUT2D eigenvalue weighted by Crippen LogP contribution is 2.11. The molecule has 0 atom stereocenters. The second kappa shape index (κ2) is 11.6. The Bertz CT molecular complexity index is 909. The number of likely N-dealkylation sites (N-methyl/N-ethyl adjacent to an activating group) is 1. The van der Waals surface area contributed by atoms with Crippen molar-refractivity contribution in [3.63, 3.8) is 0 Å². The van der Waals surface area contributed by atoms with Crippen molar-refractivity contribution in [2.45, 2.75) is 19.8 Å². The summed E-state index contributed by atoms with van der Waals surface area (Å²) < 4.78 is 7.83. The molecule has 0 radical (unpaired) electrons. The summed E-state index contributed by atoms with van der Waals surface area (Å²) in [7, 11) is 3.81. The van der Waals surface area contributed by atoms with Gasteiger partial charge in [-0.1, -0.05) is 23.8 Å². The minimum Gasteiger partial charge on any atom is -0.492 e. The molecule has 29 heavy (non-hydrogen) atoms. The summed E-state index contributed by atoms with van der Waals surface area (Å²) in [5, 5.41) is 11.9. The standard InChI is InChI=1S/C21H28N6O.HI/c1-17-9-11-18(12-10-17)28-16-15-26(3)21(22-2)23-13-6-8-20-25-24-19-7-4-5-14-27(19)20;/h4-5,7,9-12,14H,6,8,13,15-16H2,1-3H3,(H,22,23);1H. The Morgan fingerprint density at radius 2 is 1.97 bits per heavy atom. The fraction of sp³-hybridized carbons (Fsp3) is 0.381. The van der Waals surface area contributed by atoms with Crippen LogP contribution in [0.15, 0.2) is 53.7 Å². The lowest BCUT2D eigenvalue weighted by Gasteiger charge is -2.22. The maximum absolute atomic E-state index is 5.80. The first-order valence-corrected chi connectivity index (χ1v) is 9.57. The third-order valence-electron chi connectivity index (χ3n) is 4.53. The number of nitrogens with one attached hydrogen (secondary N) is 1. The number of pyridine rings is 1. The van der Waals surface area contributed by atoms with Gasteiger partial charge in [0.1, 0.15) is 18.2 Å². The van der Waals surface area contributed by atoms with E-state index in [1.165, 1.54) is 5.56 Å². The highest BCUT2D eigenvalue weighted by Gasteiger charge is 2.07. The summed E-state index contributed by atoms with van der Waals surface area (Å²) >= 11 is 0. The van der Waals surface area contributed by atoms with Crippen molar-refractivity contribution in [3.05, 3.63) is 60.0 Å². The Hall–Kier alpha value is -2.36. The van der Waals surface area contributed by atoms with Crippen LogP contribution in [0.5, 0.6) is 5.75 Å². The number of fused-ring (bicyclic) bond motifs is 1. The molecule has 0 saturated heterocycles. The lowest BCUT2D eigenvalue weighted by molar-refractivity contribution is 0.281. The van der Waals surface area contributed by atoms with Crippen LogP contribution in [0, 0.1) is 6.92 Å². The van der Waals surface area contributed by atoms with Crippen LogP contribution in [0.4, 0.5) is 0 Å². The van der Waals surface area contributed by atoms with Crippen LogP contribution in [0.2, 0.25) is 0 Å². The lowest BCUT2D eigenvalue weighted by Crippen LogP contribution is -2.41. The third-order valence-corrected chi connectivity index (χ3v) is 4.53. The quantitative estimate of drug-likeness (QED) is 0.219. The molecule has 0 aliphatic carbocycles. The first-order valence-electron chi connectivity index (χ1n) is 9.57. The van der Waals surface area contributed by atoms with E-state index < -0.39 is 0 Å².